The summed E-state index contributed by atoms with van der Waals surface area (Å²) in [4.78, 5) is 47.8. The van der Waals surface area contributed by atoms with Crippen molar-refractivity contribution in [2.24, 2.45) is 0 Å². The molecule has 0 bridgehead atoms. The summed E-state index contributed by atoms with van der Waals surface area (Å²) >= 11 is 4.37. The van der Waals surface area contributed by atoms with Gasteiger partial charge in [0.15, 0.2) is 0 Å². The van der Waals surface area contributed by atoms with E-state index in [1.807, 2.05) is 0 Å². The number of amides is 2. The number of nitrogens with zero attached hydrogens (tertiary/aromatic N) is 2. The standard InChI is InChI=1S/C20H19N3O7S/c24-18(21-14-3-1-2-13(8-14)19(25)26)17-9-16(31)10-22(17)20(27)30-11-12-4-6-15(7-5-12)23(28)29/h1-8,16-17,31H,9-11H2,(H,21,24)(H,25,26)/t16-,17-/m0/s1. The Balaban J connectivity index is 1.63. The molecule has 162 valence electrons. The molecular weight excluding hydrogens is 426 g/mol. The molecular formula is C20H19N3O7S. The van der Waals surface area contributed by atoms with Crippen molar-refractivity contribution in [2.75, 3.05) is 11.9 Å². The molecule has 1 aliphatic heterocycles. The molecule has 0 unspecified atom stereocenters. The summed E-state index contributed by atoms with van der Waals surface area (Å²) in [5.41, 5.74) is 0.811. The minimum absolute atomic E-state index is 0.0238. The molecule has 0 aliphatic carbocycles. The summed E-state index contributed by atoms with van der Waals surface area (Å²) in [7, 11) is 0. The lowest BCUT2D eigenvalue weighted by atomic mass is 10.1. The smallest absolute Gasteiger partial charge is 0.410 e. The lowest BCUT2D eigenvalue weighted by Gasteiger charge is -2.23. The third-order valence-corrected chi connectivity index (χ3v) is 5.08. The van der Waals surface area contributed by atoms with Crippen LogP contribution in [0.2, 0.25) is 0 Å². The van der Waals surface area contributed by atoms with Crippen molar-refractivity contribution in [1.29, 1.82) is 0 Å². The van der Waals surface area contributed by atoms with Gasteiger partial charge in [-0.05, 0) is 42.3 Å². The first-order valence-electron chi connectivity index (χ1n) is 9.23. The molecule has 0 saturated carbocycles. The van der Waals surface area contributed by atoms with E-state index in [1.54, 1.807) is 6.07 Å². The van der Waals surface area contributed by atoms with Gasteiger partial charge >= 0.3 is 12.1 Å². The van der Waals surface area contributed by atoms with E-state index in [9.17, 15) is 24.5 Å². The summed E-state index contributed by atoms with van der Waals surface area (Å²) in [6.45, 7) is 0.0923. The fourth-order valence-corrected chi connectivity index (χ4v) is 3.54. The topological polar surface area (TPSA) is 139 Å². The average molecular weight is 445 g/mol. The Kier molecular flexibility index (Phi) is 6.75. The molecule has 2 aromatic rings. The number of nitro benzene ring substituents is 1. The van der Waals surface area contributed by atoms with Crippen LogP contribution in [-0.2, 0) is 16.1 Å². The van der Waals surface area contributed by atoms with Crippen molar-refractivity contribution in [3.05, 3.63) is 69.8 Å². The first-order valence-corrected chi connectivity index (χ1v) is 9.75. The molecule has 0 radical (unpaired) electrons. The van der Waals surface area contributed by atoms with Crippen LogP contribution in [0.15, 0.2) is 48.5 Å². The van der Waals surface area contributed by atoms with E-state index in [2.05, 4.69) is 17.9 Å². The third kappa shape index (κ3) is 5.51. The maximum atomic E-state index is 12.7. The van der Waals surface area contributed by atoms with E-state index < -0.39 is 28.9 Å². The van der Waals surface area contributed by atoms with Gasteiger partial charge < -0.3 is 15.2 Å². The number of likely N-dealkylation sites (tertiary alicyclic amines) is 1. The SMILES string of the molecule is O=C(O)c1cccc(NC(=O)[C@@H]2C[C@H](S)CN2C(=O)OCc2ccc([N+](=O)[O-])cc2)c1. The van der Waals surface area contributed by atoms with E-state index in [0.29, 0.717) is 17.7 Å². The van der Waals surface area contributed by atoms with E-state index in [1.165, 1.54) is 47.4 Å². The van der Waals surface area contributed by atoms with Gasteiger partial charge in [0.05, 0.1) is 10.5 Å². The molecule has 0 aromatic heterocycles. The molecule has 1 heterocycles. The third-order valence-electron chi connectivity index (χ3n) is 4.70. The van der Waals surface area contributed by atoms with Crippen LogP contribution in [0, 0.1) is 10.1 Å². The second kappa shape index (κ2) is 9.47. The Morgan fingerprint density at radius 2 is 1.94 bits per heavy atom. The van der Waals surface area contributed by atoms with Crippen LogP contribution < -0.4 is 5.32 Å². The van der Waals surface area contributed by atoms with Crippen molar-refractivity contribution >= 4 is 42.0 Å². The second-order valence-electron chi connectivity index (χ2n) is 6.91. The van der Waals surface area contributed by atoms with Gasteiger partial charge in [-0.1, -0.05) is 6.07 Å². The van der Waals surface area contributed by atoms with Crippen LogP contribution in [0.4, 0.5) is 16.2 Å². The minimum Gasteiger partial charge on any atom is -0.478 e. The van der Waals surface area contributed by atoms with E-state index in [4.69, 9.17) is 9.84 Å². The molecule has 11 heteroatoms. The molecule has 1 saturated heterocycles. The Labute approximate surface area is 182 Å². The number of non-ortho nitro benzene ring substituents is 1. The van der Waals surface area contributed by atoms with Crippen molar-refractivity contribution < 1.29 is 29.2 Å². The number of carboxylic acid groups (broad SMARTS) is 1. The summed E-state index contributed by atoms with van der Waals surface area (Å²) in [5.74, 6) is -1.60. The van der Waals surface area contributed by atoms with Crippen molar-refractivity contribution in [3.63, 3.8) is 0 Å². The number of nitrogens with one attached hydrogen (secondary N) is 1. The Morgan fingerprint density at radius 3 is 2.58 bits per heavy atom. The number of rotatable bonds is 6. The number of hydrogen-bond donors (Lipinski definition) is 3. The number of thiol groups is 1. The highest BCUT2D eigenvalue weighted by atomic mass is 32.1. The normalized spacial score (nSPS) is 17.8. The van der Waals surface area contributed by atoms with Gasteiger partial charge in [0.25, 0.3) is 5.69 Å². The molecule has 0 spiro atoms. The maximum absolute atomic E-state index is 12.7. The van der Waals surface area contributed by atoms with Gasteiger partial charge in [-0.15, -0.1) is 0 Å². The summed E-state index contributed by atoms with van der Waals surface area (Å²) in [6.07, 6.45) is -0.408. The van der Waals surface area contributed by atoms with Crippen LogP contribution in [0.5, 0.6) is 0 Å². The Morgan fingerprint density at radius 1 is 1.23 bits per heavy atom. The lowest BCUT2D eigenvalue weighted by molar-refractivity contribution is -0.384. The summed E-state index contributed by atoms with van der Waals surface area (Å²) < 4.78 is 5.27. The molecule has 1 fully saturated rings. The van der Waals surface area contributed by atoms with Crippen LogP contribution in [0.3, 0.4) is 0 Å². The van der Waals surface area contributed by atoms with Crippen LogP contribution in [0.25, 0.3) is 0 Å². The Bertz CT molecular complexity index is 1010. The zero-order valence-electron chi connectivity index (χ0n) is 16.1. The number of nitro groups is 1. The van der Waals surface area contributed by atoms with Gasteiger partial charge in [0.2, 0.25) is 5.91 Å². The predicted molar refractivity (Wildman–Crippen MR) is 113 cm³/mol. The Hall–Kier alpha value is -3.60. The monoisotopic (exact) mass is 445 g/mol. The quantitative estimate of drug-likeness (QED) is 0.353. The summed E-state index contributed by atoms with van der Waals surface area (Å²) in [6, 6.07) is 10.5. The molecule has 31 heavy (non-hydrogen) atoms. The first kappa shape index (κ1) is 22.1. The fraction of sp³-hybridized carbons (Fsp3) is 0.250. The number of anilines is 1. The van der Waals surface area contributed by atoms with Gasteiger partial charge in [-0.25, -0.2) is 9.59 Å². The number of carbonyl (C=O) groups is 3. The fourth-order valence-electron chi connectivity index (χ4n) is 3.16. The molecule has 1 aliphatic rings. The zero-order valence-corrected chi connectivity index (χ0v) is 17.0. The number of hydrogen-bond acceptors (Lipinski definition) is 7. The second-order valence-corrected chi connectivity index (χ2v) is 7.64. The molecule has 2 N–H and O–H groups in total. The van der Waals surface area contributed by atoms with Gasteiger partial charge in [0.1, 0.15) is 12.6 Å². The highest BCUT2D eigenvalue weighted by Crippen LogP contribution is 2.25. The van der Waals surface area contributed by atoms with Gasteiger partial charge in [-0.2, -0.15) is 12.6 Å². The maximum Gasteiger partial charge on any atom is 0.410 e. The van der Waals surface area contributed by atoms with Crippen LogP contribution in [-0.4, -0.2) is 50.7 Å². The molecule has 3 rings (SSSR count). The molecule has 2 atom stereocenters. The summed E-state index contributed by atoms with van der Waals surface area (Å²) in [5, 5.41) is 22.2. The van der Waals surface area contributed by atoms with Gasteiger partial charge in [-0.3, -0.25) is 19.8 Å². The average Bonchev–Trinajstić information content (AvgIpc) is 3.14. The zero-order chi connectivity index (χ0) is 22.5. The van der Waals surface area contributed by atoms with Crippen LogP contribution in [0.1, 0.15) is 22.3 Å². The number of carboxylic acids is 1. The highest BCUT2D eigenvalue weighted by Gasteiger charge is 2.39. The minimum atomic E-state index is -1.12. The first-order chi connectivity index (χ1) is 14.7. The lowest BCUT2D eigenvalue weighted by Crippen LogP contribution is -2.43. The molecule has 2 aromatic carbocycles. The number of benzene rings is 2. The number of ether oxygens (including phenoxy) is 1. The number of aromatic carboxylic acids is 1. The predicted octanol–water partition coefficient (Wildman–Crippen LogP) is 2.94. The van der Waals surface area contributed by atoms with E-state index >= 15 is 0 Å². The largest absolute Gasteiger partial charge is 0.478 e. The van der Waals surface area contributed by atoms with E-state index in [0.717, 1.165) is 0 Å². The van der Waals surface area contributed by atoms with Crippen LogP contribution >= 0.6 is 12.6 Å². The molecule has 2 amide bonds. The van der Waals surface area contributed by atoms with E-state index in [-0.39, 0.29) is 29.7 Å². The highest BCUT2D eigenvalue weighted by molar-refractivity contribution is 7.81. The van der Waals surface area contributed by atoms with Crippen molar-refractivity contribution in [2.45, 2.75) is 24.3 Å². The number of carbonyl (C=O) groups excluding carboxylic acids is 2. The van der Waals surface area contributed by atoms with Gasteiger partial charge in [0, 0.05) is 29.6 Å². The van der Waals surface area contributed by atoms with Crippen molar-refractivity contribution in [3.8, 4) is 0 Å². The molecule has 10 nitrogen and oxygen atoms in total. The van der Waals surface area contributed by atoms with Crippen molar-refractivity contribution in [1.82, 2.24) is 4.90 Å².